The van der Waals surface area contributed by atoms with E-state index >= 15 is 0 Å². The molecule has 0 radical (unpaired) electrons. The molecule has 3 aromatic rings. The lowest BCUT2D eigenvalue weighted by atomic mass is 9.95. The van der Waals surface area contributed by atoms with Crippen molar-refractivity contribution in [3.63, 3.8) is 0 Å². The van der Waals surface area contributed by atoms with Crippen LogP contribution in [-0.4, -0.2) is 22.9 Å². The van der Waals surface area contributed by atoms with Crippen LogP contribution in [0.1, 0.15) is 40.7 Å². The molecule has 1 amide bonds. The summed E-state index contributed by atoms with van der Waals surface area (Å²) in [7, 11) is 0. The van der Waals surface area contributed by atoms with Gasteiger partial charge in [0.25, 0.3) is 5.56 Å². The van der Waals surface area contributed by atoms with Gasteiger partial charge in [0.15, 0.2) is 23.2 Å². The third-order valence-corrected chi connectivity index (χ3v) is 6.62. The van der Waals surface area contributed by atoms with Crippen molar-refractivity contribution in [2.45, 2.75) is 32.2 Å². The summed E-state index contributed by atoms with van der Waals surface area (Å²) in [6.07, 6.45) is 3.82. The van der Waals surface area contributed by atoms with Crippen LogP contribution in [0.5, 0.6) is 5.75 Å². The maximum Gasteiger partial charge on any atom is 0.261 e. The molecule has 2 heterocycles. The fourth-order valence-corrected chi connectivity index (χ4v) is 4.53. The molecule has 186 valence electrons. The van der Waals surface area contributed by atoms with Gasteiger partial charge < -0.3 is 14.6 Å². The van der Waals surface area contributed by atoms with Crippen molar-refractivity contribution < 1.29 is 27.5 Å². The average Bonchev–Trinajstić information content (AvgIpc) is 3.62. The van der Waals surface area contributed by atoms with Crippen molar-refractivity contribution >= 4 is 17.4 Å². The number of amides is 1. The van der Waals surface area contributed by atoms with E-state index in [-0.39, 0.29) is 48.3 Å². The lowest BCUT2D eigenvalue weighted by Crippen LogP contribution is -2.28. The summed E-state index contributed by atoms with van der Waals surface area (Å²) < 4.78 is 47.5. The van der Waals surface area contributed by atoms with Gasteiger partial charge in [-0.15, -0.1) is 0 Å². The maximum atomic E-state index is 13.6. The van der Waals surface area contributed by atoms with Crippen molar-refractivity contribution in [2.24, 2.45) is 11.8 Å². The number of ketones is 1. The highest BCUT2D eigenvalue weighted by atomic mass is 19.2. The van der Waals surface area contributed by atoms with Crippen LogP contribution in [0.3, 0.4) is 0 Å². The number of Topliss-reactive ketones (excluding diaryl/α,β-unsaturated/α-hetero) is 1. The lowest BCUT2D eigenvalue weighted by Gasteiger charge is -2.17. The van der Waals surface area contributed by atoms with Crippen LogP contribution in [0.25, 0.3) is 0 Å². The fourth-order valence-electron chi connectivity index (χ4n) is 4.53. The van der Waals surface area contributed by atoms with Crippen LogP contribution < -0.4 is 15.6 Å². The van der Waals surface area contributed by atoms with Crippen LogP contribution in [0.4, 0.5) is 18.9 Å². The van der Waals surface area contributed by atoms with Gasteiger partial charge in [-0.1, -0.05) is 6.07 Å². The SMILES string of the molecule is O=C1Cc2ccc(OCC(CC(=O)c3cccn(Cc4cc(F)c(F)c(F)c4)c3=O)C3CC3)cc2N1. The van der Waals surface area contributed by atoms with Gasteiger partial charge in [0.1, 0.15) is 5.75 Å². The number of anilines is 1. The van der Waals surface area contributed by atoms with Crippen LogP contribution >= 0.6 is 0 Å². The molecule has 0 spiro atoms. The highest BCUT2D eigenvalue weighted by Crippen LogP contribution is 2.39. The Hall–Kier alpha value is -3.88. The summed E-state index contributed by atoms with van der Waals surface area (Å²) in [5.74, 6) is -3.85. The van der Waals surface area contributed by atoms with Gasteiger partial charge in [-0.2, -0.15) is 0 Å². The Morgan fingerprint density at radius 3 is 2.56 bits per heavy atom. The molecule has 1 aromatic heterocycles. The van der Waals surface area contributed by atoms with E-state index in [2.05, 4.69) is 5.32 Å². The van der Waals surface area contributed by atoms with Crippen LogP contribution in [0.15, 0.2) is 53.5 Å². The topological polar surface area (TPSA) is 77.4 Å². The first-order valence-corrected chi connectivity index (χ1v) is 11.7. The smallest absolute Gasteiger partial charge is 0.261 e. The molecular formula is C27H23F3N2O4. The molecule has 36 heavy (non-hydrogen) atoms. The monoisotopic (exact) mass is 496 g/mol. The highest BCUT2D eigenvalue weighted by molar-refractivity contribution is 5.99. The standard InChI is InChI=1S/C27H23F3N2O4/c28-21-8-15(9-22(29)26(21)30)13-32-7-1-2-20(27(32)35)24(33)10-18(16-3-4-16)14-36-19-6-5-17-11-25(34)31-23(17)12-19/h1-2,5-9,12,16,18H,3-4,10-11,13-14H2,(H,31,34). The first kappa shape index (κ1) is 23.8. The van der Waals surface area contributed by atoms with Gasteiger partial charge in [-0.05, 0) is 60.2 Å². The van der Waals surface area contributed by atoms with Gasteiger partial charge in [-0.3, -0.25) is 14.4 Å². The Bertz CT molecular complexity index is 1390. The number of carbonyl (C=O) groups excluding carboxylic acids is 2. The summed E-state index contributed by atoms with van der Waals surface area (Å²) in [4.78, 5) is 37.6. The van der Waals surface area contributed by atoms with E-state index in [1.54, 1.807) is 12.1 Å². The number of hydrogen-bond acceptors (Lipinski definition) is 4. The molecule has 2 aromatic carbocycles. The first-order chi connectivity index (χ1) is 17.3. The Morgan fingerprint density at radius 2 is 1.83 bits per heavy atom. The van der Waals surface area contributed by atoms with Gasteiger partial charge in [0, 0.05) is 30.3 Å². The lowest BCUT2D eigenvalue weighted by molar-refractivity contribution is -0.115. The van der Waals surface area contributed by atoms with E-state index in [9.17, 15) is 27.6 Å². The van der Waals surface area contributed by atoms with Crippen molar-refractivity contribution in [3.05, 3.63) is 93.2 Å². The maximum absolute atomic E-state index is 13.6. The minimum Gasteiger partial charge on any atom is -0.493 e. The van der Waals surface area contributed by atoms with Gasteiger partial charge in [0.2, 0.25) is 5.91 Å². The predicted molar refractivity (Wildman–Crippen MR) is 126 cm³/mol. The largest absolute Gasteiger partial charge is 0.493 e. The molecule has 1 unspecified atom stereocenters. The van der Waals surface area contributed by atoms with E-state index in [1.165, 1.54) is 22.9 Å². The number of pyridine rings is 1. The third kappa shape index (κ3) is 5.05. The predicted octanol–water partition coefficient (Wildman–Crippen LogP) is 4.49. The number of rotatable bonds is 9. The van der Waals surface area contributed by atoms with Crippen LogP contribution in [0, 0.1) is 29.3 Å². The molecule has 9 heteroatoms. The zero-order valence-corrected chi connectivity index (χ0v) is 19.2. The second-order valence-electron chi connectivity index (χ2n) is 9.31. The Balaban J connectivity index is 1.27. The van der Waals surface area contributed by atoms with Gasteiger partial charge in [-0.25, -0.2) is 13.2 Å². The molecule has 0 bridgehead atoms. The molecule has 2 aliphatic rings. The van der Waals surface area contributed by atoms with Gasteiger partial charge >= 0.3 is 0 Å². The zero-order valence-electron chi connectivity index (χ0n) is 19.2. The van der Waals surface area contributed by atoms with E-state index in [1.807, 2.05) is 6.07 Å². The number of nitrogens with one attached hydrogen (secondary N) is 1. The molecule has 1 N–H and O–H groups in total. The normalized spacial score (nSPS) is 15.4. The van der Waals surface area contributed by atoms with Crippen molar-refractivity contribution in [3.8, 4) is 5.75 Å². The molecule has 1 aliphatic carbocycles. The number of fused-ring (bicyclic) bond motifs is 1. The summed E-state index contributed by atoms with van der Waals surface area (Å²) in [6, 6.07) is 10.00. The van der Waals surface area contributed by atoms with E-state index in [0.717, 1.165) is 36.2 Å². The van der Waals surface area contributed by atoms with Gasteiger partial charge in [0.05, 0.1) is 25.1 Å². The molecule has 1 fully saturated rings. The number of benzene rings is 2. The molecule has 0 saturated heterocycles. The minimum atomic E-state index is -1.58. The number of aromatic nitrogens is 1. The molecular weight excluding hydrogens is 473 g/mol. The number of hydrogen-bond donors (Lipinski definition) is 1. The number of ether oxygens (including phenoxy) is 1. The van der Waals surface area contributed by atoms with E-state index in [0.29, 0.717) is 18.1 Å². The summed E-state index contributed by atoms with van der Waals surface area (Å²) in [5.41, 5.74) is 1.09. The van der Waals surface area contributed by atoms with Crippen molar-refractivity contribution in [2.75, 3.05) is 11.9 Å². The second kappa shape index (κ2) is 9.64. The molecule has 5 rings (SSSR count). The quantitative estimate of drug-likeness (QED) is 0.350. The van der Waals surface area contributed by atoms with E-state index < -0.39 is 23.0 Å². The molecule has 1 saturated carbocycles. The first-order valence-electron chi connectivity index (χ1n) is 11.7. The van der Waals surface area contributed by atoms with E-state index in [4.69, 9.17) is 4.74 Å². The fraction of sp³-hybridized carbons (Fsp3) is 0.296. The Morgan fingerprint density at radius 1 is 1.08 bits per heavy atom. The van der Waals surface area contributed by atoms with Crippen molar-refractivity contribution in [1.29, 1.82) is 0 Å². The highest BCUT2D eigenvalue weighted by Gasteiger charge is 2.34. The van der Waals surface area contributed by atoms with Crippen LogP contribution in [0.2, 0.25) is 0 Å². The Kier molecular flexibility index (Phi) is 6.38. The number of halogens is 3. The second-order valence-corrected chi connectivity index (χ2v) is 9.31. The summed E-state index contributed by atoms with van der Waals surface area (Å²) >= 11 is 0. The summed E-state index contributed by atoms with van der Waals surface area (Å²) in [6.45, 7) is 0.0798. The van der Waals surface area contributed by atoms with Crippen molar-refractivity contribution in [1.82, 2.24) is 4.57 Å². The zero-order chi connectivity index (χ0) is 25.4. The number of carbonyl (C=O) groups is 2. The molecule has 1 aliphatic heterocycles. The number of nitrogens with zero attached hydrogens (tertiary/aromatic N) is 1. The Labute approximate surface area is 204 Å². The molecule has 6 nitrogen and oxygen atoms in total. The van der Waals surface area contributed by atoms with Crippen LogP contribution in [-0.2, 0) is 17.8 Å². The average molecular weight is 496 g/mol. The minimum absolute atomic E-state index is 0.0218. The summed E-state index contributed by atoms with van der Waals surface area (Å²) in [5, 5.41) is 2.78. The molecule has 1 atom stereocenters. The third-order valence-electron chi connectivity index (χ3n) is 6.62.